The number of hydrogen-bond donors (Lipinski definition) is 2. The Morgan fingerprint density at radius 3 is 2.39 bits per heavy atom. The van der Waals surface area contributed by atoms with Crippen molar-refractivity contribution in [2.75, 3.05) is 23.2 Å². The van der Waals surface area contributed by atoms with Gasteiger partial charge in [-0.15, -0.1) is 0 Å². The molecule has 0 saturated carbocycles. The van der Waals surface area contributed by atoms with Crippen molar-refractivity contribution in [2.24, 2.45) is 0 Å². The number of carbonyl (C=O) groups is 1. The third-order valence-electron chi connectivity index (χ3n) is 5.31. The molecule has 0 unspecified atom stereocenters. The van der Waals surface area contributed by atoms with Crippen LogP contribution in [-0.4, -0.2) is 43.1 Å². The average Bonchev–Trinajstić information content (AvgIpc) is 2.81. The lowest BCUT2D eigenvalue weighted by atomic mass is 9.93. The van der Waals surface area contributed by atoms with Crippen molar-refractivity contribution in [2.45, 2.75) is 37.4 Å². The van der Waals surface area contributed by atoms with Crippen LogP contribution in [0.15, 0.2) is 59.6 Å². The monoisotopic (exact) mass is 522 g/mol. The van der Waals surface area contributed by atoms with E-state index in [1.165, 1.54) is 29.2 Å². The number of benzene rings is 1. The van der Waals surface area contributed by atoms with Gasteiger partial charge >= 0.3 is 12.1 Å². The molecule has 3 aromatic rings. The van der Waals surface area contributed by atoms with Crippen molar-refractivity contribution in [1.82, 2.24) is 9.97 Å². The number of alkyl halides is 3. The number of anilines is 2. The summed E-state index contributed by atoms with van der Waals surface area (Å²) in [5.41, 5.74) is -0.490. The van der Waals surface area contributed by atoms with E-state index in [2.05, 4.69) is 14.7 Å². The number of nitrogens with zero attached hydrogens (tertiary/aromatic N) is 3. The molecule has 0 aliphatic carbocycles. The van der Waals surface area contributed by atoms with E-state index in [0.717, 1.165) is 12.1 Å². The number of aromatic nitrogens is 2. The maximum atomic E-state index is 13.8. The fraction of sp³-hybridized carbons (Fsp3) is 0.292. The fourth-order valence-electron chi connectivity index (χ4n) is 3.50. The van der Waals surface area contributed by atoms with Gasteiger partial charge in [-0.2, -0.15) is 21.6 Å². The number of nitrogens with one attached hydrogen (secondary N) is 1. The second-order valence-corrected chi connectivity index (χ2v) is 9.97. The average molecular weight is 523 g/mol. The molecule has 12 heteroatoms. The van der Waals surface area contributed by atoms with Crippen LogP contribution in [0.1, 0.15) is 37.3 Å². The van der Waals surface area contributed by atoms with Crippen LogP contribution in [-0.2, 0) is 21.0 Å². The first-order chi connectivity index (χ1) is 16.8. The van der Waals surface area contributed by atoms with Gasteiger partial charge in [-0.3, -0.25) is 9.52 Å². The second-order valence-electron chi connectivity index (χ2n) is 8.34. The topological polar surface area (TPSA) is 112 Å². The van der Waals surface area contributed by atoms with E-state index in [1.54, 1.807) is 25.2 Å². The van der Waals surface area contributed by atoms with Crippen molar-refractivity contribution in [3.05, 3.63) is 65.7 Å². The Morgan fingerprint density at radius 1 is 1.06 bits per heavy atom. The van der Waals surface area contributed by atoms with E-state index in [0.29, 0.717) is 5.56 Å². The lowest BCUT2D eigenvalue weighted by molar-refractivity contribution is -0.138. The Morgan fingerprint density at radius 2 is 1.75 bits per heavy atom. The smallest absolute Gasteiger partial charge is 0.418 e. The largest absolute Gasteiger partial charge is 0.481 e. The summed E-state index contributed by atoms with van der Waals surface area (Å²) in [5.74, 6) is -1.21. The van der Waals surface area contributed by atoms with Gasteiger partial charge in [0.05, 0.1) is 17.7 Å². The van der Waals surface area contributed by atoms with Gasteiger partial charge in [0, 0.05) is 19.2 Å². The highest BCUT2D eigenvalue weighted by molar-refractivity contribution is 7.92. The molecule has 2 N–H and O–H groups in total. The summed E-state index contributed by atoms with van der Waals surface area (Å²) in [6, 6.07) is 12.4. The molecule has 0 radical (unpaired) electrons. The molecule has 36 heavy (non-hydrogen) atoms. The van der Waals surface area contributed by atoms with Crippen LogP contribution in [0.2, 0.25) is 0 Å². The van der Waals surface area contributed by atoms with E-state index in [9.17, 15) is 26.4 Å². The highest BCUT2D eigenvalue weighted by Gasteiger charge is 2.35. The Hall–Kier alpha value is -3.67. The minimum atomic E-state index is -4.71. The molecule has 0 bridgehead atoms. The molecule has 8 nitrogen and oxygen atoms in total. The van der Waals surface area contributed by atoms with Crippen molar-refractivity contribution in [1.29, 1.82) is 0 Å². The summed E-state index contributed by atoms with van der Waals surface area (Å²) in [6.45, 7) is 3.77. The predicted octanol–water partition coefficient (Wildman–Crippen LogP) is 5.00. The van der Waals surface area contributed by atoms with Crippen LogP contribution in [0.5, 0.6) is 0 Å². The minimum Gasteiger partial charge on any atom is -0.481 e. The Kier molecular flexibility index (Phi) is 7.87. The third kappa shape index (κ3) is 6.30. The van der Waals surface area contributed by atoms with Crippen LogP contribution in [0.25, 0.3) is 11.3 Å². The van der Waals surface area contributed by atoms with Gasteiger partial charge in [0.2, 0.25) is 0 Å². The summed E-state index contributed by atoms with van der Waals surface area (Å²) < 4.78 is 69.6. The van der Waals surface area contributed by atoms with Crippen molar-refractivity contribution in [3.8, 4) is 11.3 Å². The van der Waals surface area contributed by atoms with Crippen LogP contribution in [0.4, 0.5) is 24.8 Å². The summed E-state index contributed by atoms with van der Waals surface area (Å²) in [7, 11) is -2.76. The maximum Gasteiger partial charge on any atom is 0.418 e. The predicted molar refractivity (Wildman–Crippen MR) is 129 cm³/mol. The lowest BCUT2D eigenvalue weighted by Gasteiger charge is -2.19. The molecular weight excluding hydrogens is 497 g/mol. The number of rotatable bonds is 9. The van der Waals surface area contributed by atoms with Gasteiger partial charge in [0.1, 0.15) is 11.6 Å². The van der Waals surface area contributed by atoms with Crippen LogP contribution >= 0.6 is 0 Å². The summed E-state index contributed by atoms with van der Waals surface area (Å²) in [5, 5.41) is 8.45. The number of pyridine rings is 2. The van der Waals surface area contributed by atoms with Gasteiger partial charge in [-0.05, 0) is 35.7 Å². The number of sulfonamides is 1. The maximum absolute atomic E-state index is 13.8. The van der Waals surface area contributed by atoms with Gasteiger partial charge < -0.3 is 10.0 Å². The normalized spacial score (nSPS) is 12.0. The SMILES string of the molecule is CC(C)c1ccccc1-c1nc(NS(=O)(=O)c2cccc(N(C)CCC(=O)O)n2)ccc1C(F)(F)F. The summed E-state index contributed by atoms with van der Waals surface area (Å²) in [6.07, 6.45) is -4.89. The van der Waals surface area contributed by atoms with Gasteiger partial charge in [0.15, 0.2) is 5.03 Å². The summed E-state index contributed by atoms with van der Waals surface area (Å²) >= 11 is 0. The molecule has 0 saturated heterocycles. The molecule has 0 aliphatic heterocycles. The van der Waals surface area contributed by atoms with Gasteiger partial charge in [0.25, 0.3) is 10.0 Å². The van der Waals surface area contributed by atoms with Crippen LogP contribution in [0, 0.1) is 0 Å². The zero-order chi connectivity index (χ0) is 26.7. The molecule has 1 aromatic carbocycles. The molecule has 192 valence electrons. The van der Waals surface area contributed by atoms with Crippen molar-refractivity contribution >= 4 is 27.6 Å². The number of hydrogen-bond acceptors (Lipinski definition) is 6. The first-order valence-electron chi connectivity index (χ1n) is 10.9. The fourth-order valence-corrected chi connectivity index (χ4v) is 4.47. The zero-order valence-corrected chi connectivity index (χ0v) is 20.6. The lowest BCUT2D eigenvalue weighted by Crippen LogP contribution is -2.23. The van der Waals surface area contributed by atoms with E-state index in [1.807, 2.05) is 13.8 Å². The first-order valence-corrected chi connectivity index (χ1v) is 12.4. The molecular formula is C24H25F3N4O4S. The number of halogens is 3. The number of carboxylic acid groups (broad SMARTS) is 1. The second kappa shape index (κ2) is 10.5. The molecule has 0 spiro atoms. The van der Waals surface area contributed by atoms with E-state index in [4.69, 9.17) is 5.11 Å². The van der Waals surface area contributed by atoms with Crippen LogP contribution in [0.3, 0.4) is 0 Å². The molecule has 2 aromatic heterocycles. The molecule has 0 aliphatic rings. The minimum absolute atomic E-state index is 0.0956. The van der Waals surface area contributed by atoms with Gasteiger partial charge in [-0.25, -0.2) is 9.97 Å². The van der Waals surface area contributed by atoms with E-state index in [-0.39, 0.29) is 41.8 Å². The molecule has 0 amide bonds. The Balaban J connectivity index is 2.01. The van der Waals surface area contributed by atoms with Crippen molar-refractivity contribution < 1.29 is 31.5 Å². The Bertz CT molecular complexity index is 1360. The third-order valence-corrected chi connectivity index (χ3v) is 6.57. The number of aliphatic carboxylic acids is 1. The van der Waals surface area contributed by atoms with E-state index >= 15 is 0 Å². The molecule has 0 atom stereocenters. The summed E-state index contributed by atoms with van der Waals surface area (Å²) in [4.78, 5) is 20.4. The zero-order valence-electron chi connectivity index (χ0n) is 19.7. The number of carboxylic acids is 1. The van der Waals surface area contributed by atoms with E-state index < -0.39 is 32.8 Å². The quantitative estimate of drug-likeness (QED) is 0.407. The standard InChI is InChI=1S/C24H25F3N4O4S/c1-15(2)16-7-4-5-8-17(16)23-18(24(25,26)27)11-12-19(28-23)30-36(34,35)21-10-6-9-20(29-21)31(3)14-13-22(32)33/h4-12,15H,13-14H2,1-3H3,(H,28,30)(H,32,33). The van der Waals surface area contributed by atoms with Gasteiger partial charge in [-0.1, -0.05) is 44.2 Å². The highest BCUT2D eigenvalue weighted by Crippen LogP contribution is 2.39. The molecule has 0 fully saturated rings. The van der Waals surface area contributed by atoms with Crippen LogP contribution < -0.4 is 9.62 Å². The van der Waals surface area contributed by atoms with Crippen molar-refractivity contribution in [3.63, 3.8) is 0 Å². The molecule has 3 rings (SSSR count). The first kappa shape index (κ1) is 26.9. The molecule has 2 heterocycles. The highest BCUT2D eigenvalue weighted by atomic mass is 32.2. The Labute approximate surface area is 206 Å².